The van der Waals surface area contributed by atoms with Gasteiger partial charge in [0.05, 0.1) is 0 Å². The standard InChI is InChI=1S/C6H8N2O2S2/c9-5(10)3-1-2-4-7-8-6(11)12-4/h1-3H2,(H,8,11)(H,9,10). The molecule has 6 heteroatoms. The van der Waals surface area contributed by atoms with E-state index in [-0.39, 0.29) is 6.42 Å². The molecule has 0 aliphatic rings. The van der Waals surface area contributed by atoms with Gasteiger partial charge in [-0.3, -0.25) is 4.79 Å². The van der Waals surface area contributed by atoms with Gasteiger partial charge in [-0.2, -0.15) is 0 Å². The Morgan fingerprint density at radius 2 is 2.33 bits per heavy atom. The molecule has 0 fully saturated rings. The van der Waals surface area contributed by atoms with Crippen LogP contribution in [0.2, 0.25) is 0 Å². The Bertz CT molecular complexity index is 274. The summed E-state index contributed by atoms with van der Waals surface area (Å²) in [6.45, 7) is 0. The zero-order chi connectivity index (χ0) is 8.97. The number of aliphatic carboxylic acids is 1. The van der Waals surface area contributed by atoms with Gasteiger partial charge < -0.3 is 5.11 Å². The molecule has 1 aromatic rings. The molecule has 0 radical (unpaired) electrons. The number of carboxylic acid groups (broad SMARTS) is 1. The minimum Gasteiger partial charge on any atom is -0.481 e. The Hall–Kier alpha value is -0.620. The van der Waals surface area contributed by atoms with Crippen LogP contribution in [0.25, 0.3) is 0 Å². The van der Waals surface area contributed by atoms with Crippen LogP contribution in [-0.2, 0) is 11.2 Å². The van der Waals surface area contributed by atoms with Crippen LogP contribution in [0.3, 0.4) is 0 Å². The van der Waals surface area contributed by atoms with Gasteiger partial charge in [-0.15, -0.1) is 22.8 Å². The third kappa shape index (κ3) is 3.19. The number of carboxylic acids is 1. The van der Waals surface area contributed by atoms with Gasteiger partial charge in [-0.1, -0.05) is 11.3 Å². The topological polar surface area (TPSA) is 63.1 Å². The fourth-order valence-electron chi connectivity index (χ4n) is 0.737. The summed E-state index contributed by atoms with van der Waals surface area (Å²) in [6, 6.07) is 0. The third-order valence-electron chi connectivity index (χ3n) is 1.24. The van der Waals surface area contributed by atoms with Crippen molar-refractivity contribution in [1.82, 2.24) is 10.2 Å². The average Bonchev–Trinajstić information content (AvgIpc) is 2.35. The summed E-state index contributed by atoms with van der Waals surface area (Å²) in [5, 5.41) is 16.7. The molecule has 12 heavy (non-hydrogen) atoms. The first-order valence-electron chi connectivity index (χ1n) is 3.41. The number of nitrogens with zero attached hydrogens (tertiary/aromatic N) is 2. The van der Waals surface area contributed by atoms with Crippen molar-refractivity contribution in [2.75, 3.05) is 0 Å². The normalized spacial score (nSPS) is 10.1. The Kier molecular flexibility index (Phi) is 3.48. The lowest BCUT2D eigenvalue weighted by molar-refractivity contribution is -0.137. The highest BCUT2D eigenvalue weighted by Gasteiger charge is 2.02. The summed E-state index contributed by atoms with van der Waals surface area (Å²) in [6.07, 6.45) is 1.46. The van der Waals surface area contributed by atoms with Crippen LogP contribution in [0.1, 0.15) is 17.8 Å². The van der Waals surface area contributed by atoms with E-state index in [9.17, 15) is 4.79 Å². The number of hydrogen-bond acceptors (Lipinski definition) is 5. The zero-order valence-electron chi connectivity index (χ0n) is 6.23. The Morgan fingerprint density at radius 1 is 1.58 bits per heavy atom. The van der Waals surface area contributed by atoms with E-state index in [0.29, 0.717) is 17.2 Å². The van der Waals surface area contributed by atoms with Crippen molar-refractivity contribution in [2.24, 2.45) is 0 Å². The molecule has 0 amide bonds. The van der Waals surface area contributed by atoms with Gasteiger partial charge in [-0.05, 0) is 6.42 Å². The molecule has 0 atom stereocenters. The second-order valence-corrected chi connectivity index (χ2v) is 4.01. The predicted molar refractivity (Wildman–Crippen MR) is 47.7 cm³/mol. The average molecular weight is 204 g/mol. The van der Waals surface area contributed by atoms with Crippen LogP contribution < -0.4 is 0 Å². The summed E-state index contributed by atoms with van der Waals surface area (Å²) in [5.41, 5.74) is 0. The highest BCUT2D eigenvalue weighted by atomic mass is 32.2. The minimum absolute atomic E-state index is 0.182. The van der Waals surface area contributed by atoms with Crippen molar-refractivity contribution in [3.63, 3.8) is 0 Å². The van der Waals surface area contributed by atoms with Crippen LogP contribution in [0.4, 0.5) is 0 Å². The molecule has 4 nitrogen and oxygen atoms in total. The molecule has 0 saturated carbocycles. The van der Waals surface area contributed by atoms with E-state index in [1.54, 1.807) is 0 Å². The number of thiol groups is 1. The monoisotopic (exact) mass is 204 g/mol. The largest absolute Gasteiger partial charge is 0.481 e. The quantitative estimate of drug-likeness (QED) is 0.724. The maximum Gasteiger partial charge on any atom is 0.303 e. The van der Waals surface area contributed by atoms with E-state index < -0.39 is 5.97 Å². The van der Waals surface area contributed by atoms with Gasteiger partial charge in [0, 0.05) is 12.8 Å². The van der Waals surface area contributed by atoms with Gasteiger partial charge in [0.2, 0.25) is 0 Å². The molecule has 0 bridgehead atoms. The fourth-order valence-corrected chi connectivity index (χ4v) is 1.72. The second-order valence-electron chi connectivity index (χ2n) is 2.23. The van der Waals surface area contributed by atoms with E-state index in [4.69, 9.17) is 5.11 Å². The molecule has 66 valence electrons. The maximum atomic E-state index is 10.1. The van der Waals surface area contributed by atoms with Crippen LogP contribution in [-0.4, -0.2) is 21.3 Å². The number of hydrogen-bond donors (Lipinski definition) is 2. The predicted octanol–water partition coefficient (Wildman–Crippen LogP) is 1.23. The summed E-state index contributed by atoms with van der Waals surface area (Å²) in [4.78, 5) is 10.1. The van der Waals surface area contributed by atoms with Gasteiger partial charge in [0.25, 0.3) is 0 Å². The summed E-state index contributed by atoms with van der Waals surface area (Å²) in [5.74, 6) is -0.773. The van der Waals surface area contributed by atoms with Crippen LogP contribution >= 0.6 is 24.0 Å². The second kappa shape index (κ2) is 4.42. The first-order valence-corrected chi connectivity index (χ1v) is 4.68. The Balaban J connectivity index is 2.29. The zero-order valence-corrected chi connectivity index (χ0v) is 7.94. The molecule has 0 aliphatic heterocycles. The minimum atomic E-state index is -0.773. The van der Waals surface area contributed by atoms with Crippen molar-refractivity contribution >= 4 is 29.9 Å². The van der Waals surface area contributed by atoms with Crippen molar-refractivity contribution in [3.05, 3.63) is 5.01 Å². The lowest BCUT2D eigenvalue weighted by Crippen LogP contribution is -1.95. The molecule has 1 N–H and O–H groups in total. The van der Waals surface area contributed by atoms with Gasteiger partial charge in [0.15, 0.2) is 4.34 Å². The van der Waals surface area contributed by atoms with Crippen molar-refractivity contribution in [2.45, 2.75) is 23.6 Å². The Morgan fingerprint density at radius 3 is 2.83 bits per heavy atom. The highest BCUT2D eigenvalue weighted by Crippen LogP contribution is 2.14. The molecule has 1 aromatic heterocycles. The number of carbonyl (C=O) groups is 1. The SMILES string of the molecule is O=C(O)CCCc1nnc(S)s1. The third-order valence-corrected chi connectivity index (χ3v) is 2.39. The van der Waals surface area contributed by atoms with E-state index in [0.717, 1.165) is 5.01 Å². The van der Waals surface area contributed by atoms with Crippen LogP contribution in [0, 0.1) is 0 Å². The van der Waals surface area contributed by atoms with E-state index in [2.05, 4.69) is 22.8 Å². The molecule has 1 rings (SSSR count). The Labute approximate surface area is 79.1 Å². The lowest BCUT2D eigenvalue weighted by Gasteiger charge is -1.90. The van der Waals surface area contributed by atoms with Crippen LogP contribution in [0.15, 0.2) is 4.34 Å². The molecule has 0 saturated heterocycles. The molecular formula is C6H8N2O2S2. The van der Waals surface area contributed by atoms with Gasteiger partial charge in [0.1, 0.15) is 5.01 Å². The lowest BCUT2D eigenvalue weighted by atomic mass is 10.2. The van der Waals surface area contributed by atoms with Crippen molar-refractivity contribution in [3.8, 4) is 0 Å². The smallest absolute Gasteiger partial charge is 0.303 e. The van der Waals surface area contributed by atoms with E-state index in [1.165, 1.54) is 11.3 Å². The van der Waals surface area contributed by atoms with Crippen molar-refractivity contribution in [1.29, 1.82) is 0 Å². The van der Waals surface area contributed by atoms with Gasteiger partial charge >= 0.3 is 5.97 Å². The molecule has 0 spiro atoms. The highest BCUT2D eigenvalue weighted by molar-refractivity contribution is 7.82. The fraction of sp³-hybridized carbons (Fsp3) is 0.500. The van der Waals surface area contributed by atoms with E-state index in [1.807, 2.05) is 0 Å². The molecule has 1 heterocycles. The first kappa shape index (κ1) is 9.47. The summed E-state index contributed by atoms with van der Waals surface area (Å²) < 4.78 is 0.625. The first-order chi connectivity index (χ1) is 5.68. The molecule has 0 aromatic carbocycles. The molecule has 0 aliphatic carbocycles. The van der Waals surface area contributed by atoms with Crippen LogP contribution in [0.5, 0.6) is 0 Å². The molecule has 0 unspecified atom stereocenters. The van der Waals surface area contributed by atoms with Crippen molar-refractivity contribution < 1.29 is 9.90 Å². The summed E-state index contributed by atoms with van der Waals surface area (Å²) in [7, 11) is 0. The molecular weight excluding hydrogens is 196 g/mol. The number of aromatic nitrogens is 2. The number of rotatable bonds is 4. The maximum absolute atomic E-state index is 10.1. The number of aryl methyl sites for hydroxylation is 1. The van der Waals surface area contributed by atoms with Gasteiger partial charge in [-0.25, -0.2) is 0 Å². The van der Waals surface area contributed by atoms with E-state index >= 15 is 0 Å². The summed E-state index contributed by atoms with van der Waals surface area (Å²) >= 11 is 5.38.